The monoisotopic (exact) mass is 352 g/mol. The summed E-state index contributed by atoms with van der Waals surface area (Å²) in [5.74, 6) is 2.44. The molecule has 1 fully saturated rings. The molecule has 1 saturated heterocycles. The molecule has 0 spiro atoms. The highest BCUT2D eigenvalue weighted by atomic mass is 79.9. The summed E-state index contributed by atoms with van der Waals surface area (Å²) in [6, 6.07) is 0.131. The topological polar surface area (TPSA) is 79.8 Å². The zero-order chi connectivity index (χ0) is 14.7. The van der Waals surface area contributed by atoms with Gasteiger partial charge in [-0.15, -0.1) is 0 Å². The Morgan fingerprint density at radius 2 is 2.38 bits per heavy atom. The summed E-state index contributed by atoms with van der Waals surface area (Å²) in [5.41, 5.74) is 0. The molecule has 0 amide bonds. The standard InChI is InChI=1S/C13H17BrN6O/c1-21-7-11-17-12(19-18-11)10-4-2-3-5-20(10)13-9(14)6-15-8-16-13/h6,8,10H,2-5,7H2,1H3,(H,17,18,19)/t10-/m0/s1. The van der Waals surface area contributed by atoms with E-state index in [1.165, 1.54) is 0 Å². The van der Waals surface area contributed by atoms with Crippen molar-refractivity contribution in [1.29, 1.82) is 0 Å². The van der Waals surface area contributed by atoms with E-state index >= 15 is 0 Å². The molecular weight excluding hydrogens is 336 g/mol. The average Bonchev–Trinajstić information content (AvgIpc) is 2.97. The summed E-state index contributed by atoms with van der Waals surface area (Å²) >= 11 is 3.53. The van der Waals surface area contributed by atoms with Crippen LogP contribution in [0, 0.1) is 0 Å². The smallest absolute Gasteiger partial charge is 0.173 e. The van der Waals surface area contributed by atoms with Crippen LogP contribution in [0.15, 0.2) is 17.0 Å². The lowest BCUT2D eigenvalue weighted by Crippen LogP contribution is -2.35. The number of hydrogen-bond acceptors (Lipinski definition) is 6. The number of H-pyrrole nitrogens is 1. The molecule has 8 heteroatoms. The summed E-state index contributed by atoms with van der Waals surface area (Å²) in [7, 11) is 1.65. The predicted octanol–water partition coefficient (Wildman–Crippen LogP) is 2.24. The largest absolute Gasteiger partial charge is 0.377 e. The fourth-order valence-electron chi connectivity index (χ4n) is 2.63. The Balaban J connectivity index is 1.89. The van der Waals surface area contributed by atoms with Crippen LogP contribution in [-0.2, 0) is 11.3 Å². The second-order valence-electron chi connectivity index (χ2n) is 4.97. The third-order valence-electron chi connectivity index (χ3n) is 3.55. The summed E-state index contributed by atoms with van der Waals surface area (Å²) in [4.78, 5) is 15.2. The predicted molar refractivity (Wildman–Crippen MR) is 80.8 cm³/mol. The minimum atomic E-state index is 0.131. The molecule has 0 aliphatic carbocycles. The molecule has 1 aliphatic rings. The lowest BCUT2D eigenvalue weighted by molar-refractivity contribution is 0.178. The third kappa shape index (κ3) is 3.06. The lowest BCUT2D eigenvalue weighted by atomic mass is 10.0. The van der Waals surface area contributed by atoms with Crippen molar-refractivity contribution in [3.8, 4) is 0 Å². The van der Waals surface area contributed by atoms with Crippen LogP contribution in [0.25, 0.3) is 0 Å². The molecule has 1 aliphatic heterocycles. The van der Waals surface area contributed by atoms with Gasteiger partial charge in [0.2, 0.25) is 0 Å². The van der Waals surface area contributed by atoms with Gasteiger partial charge in [-0.1, -0.05) is 0 Å². The van der Waals surface area contributed by atoms with Crippen LogP contribution in [0.4, 0.5) is 5.82 Å². The maximum absolute atomic E-state index is 5.08. The highest BCUT2D eigenvalue weighted by molar-refractivity contribution is 9.10. The maximum Gasteiger partial charge on any atom is 0.173 e. The van der Waals surface area contributed by atoms with E-state index in [0.29, 0.717) is 6.61 Å². The number of rotatable bonds is 4. The number of anilines is 1. The molecule has 0 unspecified atom stereocenters. The van der Waals surface area contributed by atoms with Crippen molar-refractivity contribution in [2.45, 2.75) is 31.9 Å². The summed E-state index contributed by atoms with van der Waals surface area (Å²) in [5, 5.41) is 7.28. The van der Waals surface area contributed by atoms with E-state index in [-0.39, 0.29) is 6.04 Å². The molecule has 3 heterocycles. The molecular formula is C13H17BrN6O. The number of hydrogen-bond donors (Lipinski definition) is 1. The van der Waals surface area contributed by atoms with Crippen molar-refractivity contribution in [3.63, 3.8) is 0 Å². The van der Waals surface area contributed by atoms with Gasteiger partial charge >= 0.3 is 0 Å². The van der Waals surface area contributed by atoms with Gasteiger partial charge in [-0.25, -0.2) is 15.0 Å². The maximum atomic E-state index is 5.08. The number of halogens is 1. The highest BCUT2D eigenvalue weighted by Gasteiger charge is 2.29. The minimum Gasteiger partial charge on any atom is -0.377 e. The molecule has 3 rings (SSSR count). The Bertz CT molecular complexity index is 604. The number of nitrogens with zero attached hydrogens (tertiary/aromatic N) is 5. The van der Waals surface area contributed by atoms with Crippen molar-refractivity contribution in [2.24, 2.45) is 0 Å². The number of piperidine rings is 1. The van der Waals surface area contributed by atoms with Gasteiger partial charge < -0.3 is 9.64 Å². The van der Waals surface area contributed by atoms with Crippen molar-refractivity contribution in [2.75, 3.05) is 18.6 Å². The number of ether oxygens (including phenoxy) is 1. The number of nitrogens with one attached hydrogen (secondary N) is 1. The van der Waals surface area contributed by atoms with Crippen molar-refractivity contribution >= 4 is 21.7 Å². The summed E-state index contributed by atoms with van der Waals surface area (Å²) in [6.45, 7) is 1.38. The summed E-state index contributed by atoms with van der Waals surface area (Å²) < 4.78 is 5.98. The number of aromatic amines is 1. The van der Waals surface area contributed by atoms with Crippen LogP contribution in [0.2, 0.25) is 0 Å². The van der Waals surface area contributed by atoms with E-state index in [4.69, 9.17) is 4.74 Å². The van der Waals surface area contributed by atoms with Crippen molar-refractivity contribution in [1.82, 2.24) is 25.1 Å². The second kappa shape index (κ2) is 6.48. The Hall–Kier alpha value is -1.54. The first-order valence-corrected chi connectivity index (χ1v) is 7.71. The first-order valence-electron chi connectivity index (χ1n) is 6.92. The van der Waals surface area contributed by atoms with E-state index in [0.717, 1.165) is 47.7 Å². The van der Waals surface area contributed by atoms with Crippen molar-refractivity contribution in [3.05, 3.63) is 28.6 Å². The number of aromatic nitrogens is 5. The zero-order valence-electron chi connectivity index (χ0n) is 11.8. The molecule has 0 bridgehead atoms. The highest BCUT2D eigenvalue weighted by Crippen LogP contribution is 2.35. The first kappa shape index (κ1) is 14.4. The van der Waals surface area contributed by atoms with Gasteiger partial charge in [-0.2, -0.15) is 5.10 Å². The van der Waals surface area contributed by atoms with Gasteiger partial charge in [0, 0.05) is 19.9 Å². The molecule has 0 radical (unpaired) electrons. The fraction of sp³-hybridized carbons (Fsp3) is 0.538. The Morgan fingerprint density at radius 3 is 3.19 bits per heavy atom. The molecule has 0 aromatic carbocycles. The van der Waals surface area contributed by atoms with Gasteiger partial charge in [0.05, 0.1) is 10.5 Å². The van der Waals surface area contributed by atoms with Crippen LogP contribution < -0.4 is 4.90 Å². The van der Waals surface area contributed by atoms with Gasteiger partial charge in [0.25, 0.3) is 0 Å². The lowest BCUT2D eigenvalue weighted by Gasteiger charge is -2.35. The van der Waals surface area contributed by atoms with Crippen LogP contribution in [0.3, 0.4) is 0 Å². The van der Waals surface area contributed by atoms with E-state index in [9.17, 15) is 0 Å². The second-order valence-corrected chi connectivity index (χ2v) is 5.83. The molecule has 21 heavy (non-hydrogen) atoms. The van der Waals surface area contributed by atoms with E-state index in [1.807, 2.05) is 0 Å². The minimum absolute atomic E-state index is 0.131. The van der Waals surface area contributed by atoms with E-state index < -0.39 is 0 Å². The molecule has 2 aromatic rings. The van der Waals surface area contributed by atoms with E-state index in [2.05, 4.69) is 46.0 Å². The van der Waals surface area contributed by atoms with E-state index in [1.54, 1.807) is 19.6 Å². The molecule has 1 N–H and O–H groups in total. The fourth-order valence-corrected chi connectivity index (χ4v) is 3.08. The van der Waals surface area contributed by atoms with Gasteiger partial charge in [0.15, 0.2) is 11.6 Å². The number of methoxy groups -OCH3 is 1. The van der Waals surface area contributed by atoms with Gasteiger partial charge in [-0.3, -0.25) is 5.10 Å². The SMILES string of the molecule is COCc1nc([C@@H]2CCCCN2c2ncncc2Br)n[nH]1. The van der Waals surface area contributed by atoms with Crippen LogP contribution in [0.5, 0.6) is 0 Å². The van der Waals surface area contributed by atoms with Crippen LogP contribution in [-0.4, -0.2) is 38.8 Å². The third-order valence-corrected chi connectivity index (χ3v) is 4.11. The van der Waals surface area contributed by atoms with Crippen molar-refractivity contribution < 1.29 is 4.74 Å². The molecule has 1 atom stereocenters. The Morgan fingerprint density at radius 1 is 1.48 bits per heavy atom. The first-order chi connectivity index (χ1) is 10.3. The van der Waals surface area contributed by atoms with Gasteiger partial charge in [-0.05, 0) is 35.2 Å². The Labute approximate surface area is 131 Å². The molecule has 112 valence electrons. The molecule has 2 aromatic heterocycles. The van der Waals surface area contributed by atoms with Crippen LogP contribution >= 0.6 is 15.9 Å². The van der Waals surface area contributed by atoms with Gasteiger partial charge in [0.1, 0.15) is 18.8 Å². The van der Waals surface area contributed by atoms with Crippen LogP contribution in [0.1, 0.15) is 37.0 Å². The zero-order valence-corrected chi connectivity index (χ0v) is 13.4. The quantitative estimate of drug-likeness (QED) is 0.908. The normalized spacial score (nSPS) is 19.0. The Kier molecular flexibility index (Phi) is 4.45. The summed E-state index contributed by atoms with van der Waals surface area (Å²) in [6.07, 6.45) is 6.66. The average molecular weight is 353 g/mol. The molecule has 7 nitrogen and oxygen atoms in total. The molecule has 0 saturated carbocycles.